The maximum absolute atomic E-state index is 12.5. The first-order chi connectivity index (χ1) is 18.1. The summed E-state index contributed by atoms with van der Waals surface area (Å²) >= 11 is 0. The molecule has 0 aliphatic rings. The van der Waals surface area contributed by atoms with Crippen LogP contribution >= 0.6 is 0 Å². The largest absolute Gasteiger partial charge is 0.494 e. The van der Waals surface area contributed by atoms with E-state index in [0.29, 0.717) is 41.4 Å². The van der Waals surface area contributed by atoms with E-state index in [-0.39, 0.29) is 5.91 Å². The van der Waals surface area contributed by atoms with Crippen molar-refractivity contribution in [3.8, 4) is 17.2 Å². The molecule has 0 unspecified atom stereocenters. The van der Waals surface area contributed by atoms with Crippen LogP contribution in [0.5, 0.6) is 17.2 Å². The van der Waals surface area contributed by atoms with E-state index in [9.17, 15) is 9.59 Å². The summed E-state index contributed by atoms with van der Waals surface area (Å²) < 4.78 is 16.4. The van der Waals surface area contributed by atoms with Gasteiger partial charge in [-0.2, -0.15) is 5.10 Å². The van der Waals surface area contributed by atoms with Crippen molar-refractivity contribution in [2.45, 2.75) is 84.5 Å². The molecule has 0 aromatic heterocycles. The Kier molecular flexibility index (Phi) is 14.5. The topological polar surface area (TPSA) is 86.2 Å². The third kappa shape index (κ3) is 12.0. The number of rotatable bonds is 18. The number of amides is 1. The Hall–Kier alpha value is -3.35. The second kappa shape index (κ2) is 18.0. The van der Waals surface area contributed by atoms with Crippen LogP contribution in [-0.2, 0) is 4.79 Å². The van der Waals surface area contributed by atoms with E-state index in [0.717, 1.165) is 19.3 Å². The molecule has 0 fully saturated rings. The highest BCUT2D eigenvalue weighted by atomic mass is 16.6. The summed E-state index contributed by atoms with van der Waals surface area (Å²) in [4.78, 5) is 24.6. The molecule has 0 atom stereocenters. The highest BCUT2D eigenvalue weighted by molar-refractivity contribution is 5.91. The summed E-state index contributed by atoms with van der Waals surface area (Å²) in [7, 11) is 1.50. The maximum atomic E-state index is 12.5. The predicted octanol–water partition coefficient (Wildman–Crippen LogP) is 7.07. The van der Waals surface area contributed by atoms with Crippen LogP contribution in [-0.4, -0.2) is 31.8 Å². The van der Waals surface area contributed by atoms with Crippen LogP contribution in [0.3, 0.4) is 0 Å². The lowest BCUT2D eigenvalue weighted by atomic mass is 10.1. The van der Waals surface area contributed by atoms with Crippen molar-refractivity contribution in [1.29, 1.82) is 0 Å². The number of benzene rings is 2. The fourth-order valence-corrected chi connectivity index (χ4v) is 3.75. The molecule has 0 saturated carbocycles. The van der Waals surface area contributed by atoms with Crippen LogP contribution in [0.1, 0.15) is 100 Å². The van der Waals surface area contributed by atoms with Gasteiger partial charge in [-0.15, -0.1) is 0 Å². The Morgan fingerprint density at radius 3 is 2.16 bits per heavy atom. The third-order valence-electron chi connectivity index (χ3n) is 5.86. The zero-order valence-electron chi connectivity index (χ0n) is 22.6. The van der Waals surface area contributed by atoms with E-state index in [1.807, 2.05) is 6.92 Å². The number of carbonyl (C=O) groups excluding carboxylic acids is 2. The van der Waals surface area contributed by atoms with E-state index in [1.165, 1.54) is 58.3 Å². The fraction of sp³-hybridized carbons (Fsp3) is 0.500. The van der Waals surface area contributed by atoms with E-state index >= 15 is 0 Å². The number of nitrogens with one attached hydrogen (secondary N) is 1. The lowest BCUT2D eigenvalue weighted by Gasteiger charge is -2.10. The van der Waals surface area contributed by atoms with Crippen molar-refractivity contribution in [2.75, 3.05) is 13.7 Å². The van der Waals surface area contributed by atoms with Crippen LogP contribution in [0, 0.1) is 0 Å². The van der Waals surface area contributed by atoms with Crippen molar-refractivity contribution in [3.63, 3.8) is 0 Å². The maximum Gasteiger partial charge on any atom is 0.343 e. The van der Waals surface area contributed by atoms with Crippen LogP contribution in [0.2, 0.25) is 0 Å². The molecular formula is C30H42N2O5. The van der Waals surface area contributed by atoms with Gasteiger partial charge in [0.2, 0.25) is 5.91 Å². The van der Waals surface area contributed by atoms with E-state index in [4.69, 9.17) is 14.2 Å². The minimum atomic E-state index is -0.495. The zero-order valence-corrected chi connectivity index (χ0v) is 22.6. The molecule has 1 N–H and O–H groups in total. The number of esters is 1. The third-order valence-corrected chi connectivity index (χ3v) is 5.86. The molecule has 7 nitrogen and oxygen atoms in total. The summed E-state index contributed by atoms with van der Waals surface area (Å²) in [5.74, 6) is 0.805. The fourth-order valence-electron chi connectivity index (χ4n) is 3.75. The van der Waals surface area contributed by atoms with Gasteiger partial charge in [0.15, 0.2) is 11.5 Å². The molecule has 0 aliphatic heterocycles. The number of hydrogen-bond acceptors (Lipinski definition) is 6. The van der Waals surface area contributed by atoms with Crippen LogP contribution in [0.25, 0.3) is 0 Å². The summed E-state index contributed by atoms with van der Waals surface area (Å²) in [5, 5.41) is 4.04. The van der Waals surface area contributed by atoms with Crippen LogP contribution in [0.4, 0.5) is 0 Å². The lowest BCUT2D eigenvalue weighted by Crippen LogP contribution is -2.16. The van der Waals surface area contributed by atoms with Crippen LogP contribution < -0.4 is 19.6 Å². The van der Waals surface area contributed by atoms with Gasteiger partial charge in [0.1, 0.15) is 5.75 Å². The molecule has 202 valence electrons. The first-order valence-corrected chi connectivity index (χ1v) is 13.5. The van der Waals surface area contributed by atoms with Gasteiger partial charge in [-0.1, -0.05) is 65.2 Å². The van der Waals surface area contributed by atoms with Crippen molar-refractivity contribution >= 4 is 18.1 Å². The summed E-state index contributed by atoms with van der Waals surface area (Å²) in [5.41, 5.74) is 3.69. The van der Waals surface area contributed by atoms with Crippen LogP contribution in [0.15, 0.2) is 47.6 Å². The molecule has 0 aliphatic carbocycles. The molecule has 0 bridgehead atoms. The molecule has 2 aromatic rings. The van der Waals surface area contributed by atoms with E-state index in [2.05, 4.69) is 17.5 Å². The van der Waals surface area contributed by atoms with E-state index < -0.39 is 5.97 Å². The smallest absolute Gasteiger partial charge is 0.343 e. The number of unbranched alkanes of at least 4 members (excludes halogenated alkanes) is 8. The minimum absolute atomic E-state index is 0.0946. The first kappa shape index (κ1) is 29.9. The van der Waals surface area contributed by atoms with Gasteiger partial charge < -0.3 is 14.2 Å². The summed E-state index contributed by atoms with van der Waals surface area (Å²) in [6.07, 6.45) is 13.8. The molecule has 0 spiro atoms. The van der Waals surface area contributed by atoms with Gasteiger partial charge >= 0.3 is 5.97 Å². The van der Waals surface area contributed by atoms with Gasteiger partial charge in [0, 0.05) is 6.42 Å². The van der Waals surface area contributed by atoms with Gasteiger partial charge in [0.25, 0.3) is 0 Å². The average Bonchev–Trinajstić information content (AvgIpc) is 2.92. The van der Waals surface area contributed by atoms with Gasteiger partial charge in [0.05, 0.1) is 25.5 Å². The summed E-state index contributed by atoms with van der Waals surface area (Å²) in [6, 6.07) is 11.9. The lowest BCUT2D eigenvalue weighted by molar-refractivity contribution is -0.121. The number of hydrazone groups is 1. The molecule has 0 saturated heterocycles. The van der Waals surface area contributed by atoms with Crippen molar-refractivity contribution in [2.24, 2.45) is 5.10 Å². The molecule has 2 aromatic carbocycles. The Labute approximate surface area is 221 Å². The van der Waals surface area contributed by atoms with Gasteiger partial charge in [-0.3, -0.25) is 4.79 Å². The number of hydrogen-bond donors (Lipinski definition) is 1. The number of carbonyl (C=O) groups is 2. The number of nitrogens with zero attached hydrogens (tertiary/aromatic N) is 1. The SMILES string of the molecule is CCCCCCCCCCCC(=O)NN=Cc1ccc(OC(=O)c2ccc(OCCC)cc2)c(OC)c1. The molecule has 2 rings (SSSR count). The normalized spacial score (nSPS) is 10.9. The second-order valence-electron chi connectivity index (χ2n) is 9.04. The van der Waals surface area contributed by atoms with E-state index in [1.54, 1.807) is 42.5 Å². The summed E-state index contributed by atoms with van der Waals surface area (Å²) in [6.45, 7) is 4.89. The predicted molar refractivity (Wildman–Crippen MR) is 148 cm³/mol. The Morgan fingerprint density at radius 1 is 0.838 bits per heavy atom. The Balaban J connectivity index is 1.75. The molecule has 1 amide bonds. The minimum Gasteiger partial charge on any atom is -0.494 e. The second-order valence-corrected chi connectivity index (χ2v) is 9.04. The monoisotopic (exact) mass is 510 g/mol. The highest BCUT2D eigenvalue weighted by Crippen LogP contribution is 2.28. The van der Waals surface area contributed by atoms with Gasteiger partial charge in [-0.25, -0.2) is 10.2 Å². The Bertz CT molecular complexity index is 972. The zero-order chi connectivity index (χ0) is 26.7. The molecular weight excluding hydrogens is 468 g/mol. The van der Waals surface area contributed by atoms with Gasteiger partial charge in [-0.05, 0) is 60.9 Å². The molecule has 7 heteroatoms. The highest BCUT2D eigenvalue weighted by Gasteiger charge is 2.13. The number of methoxy groups -OCH3 is 1. The average molecular weight is 511 g/mol. The first-order valence-electron chi connectivity index (χ1n) is 13.5. The number of ether oxygens (including phenoxy) is 3. The van der Waals surface area contributed by atoms with Crippen molar-refractivity contribution in [3.05, 3.63) is 53.6 Å². The molecule has 37 heavy (non-hydrogen) atoms. The quantitative estimate of drug-likeness (QED) is 0.0762. The molecule has 0 radical (unpaired) electrons. The standard InChI is InChI=1S/C30H42N2O5/c1-4-6-7-8-9-10-11-12-13-14-29(33)32-31-23-24-15-20-27(28(22-24)35-3)37-30(34)25-16-18-26(19-17-25)36-21-5-2/h15-20,22-23H,4-14,21H2,1-3H3,(H,32,33). The van der Waals surface area contributed by atoms with Crippen molar-refractivity contribution < 1.29 is 23.8 Å². The van der Waals surface area contributed by atoms with Crippen molar-refractivity contribution in [1.82, 2.24) is 5.43 Å². The Morgan fingerprint density at radius 2 is 1.51 bits per heavy atom. The molecule has 0 heterocycles.